The van der Waals surface area contributed by atoms with Crippen LogP contribution in [0.1, 0.15) is 13.8 Å². The molecule has 0 bridgehead atoms. The zero-order chi connectivity index (χ0) is 11.3. The van der Waals surface area contributed by atoms with Gasteiger partial charge in [0.1, 0.15) is 0 Å². The lowest BCUT2D eigenvalue weighted by molar-refractivity contribution is -0.113. The van der Waals surface area contributed by atoms with Crippen LogP contribution in [0.4, 0.5) is 0 Å². The Labute approximate surface area is 108 Å². The van der Waals surface area contributed by atoms with E-state index in [0.29, 0.717) is 0 Å². The highest BCUT2D eigenvalue weighted by atomic mass is 35.6. The molecule has 3 atom stereocenters. The average Bonchev–Trinajstić information content (AvgIpc) is 2.49. The number of hydrogen-bond acceptors (Lipinski definition) is 1. The Balaban J connectivity index is 2.79. The molecule has 1 saturated carbocycles. The molecule has 0 radical (unpaired) electrons. The van der Waals surface area contributed by atoms with Crippen molar-refractivity contribution in [2.45, 2.75) is 23.0 Å². The van der Waals surface area contributed by atoms with Crippen molar-refractivity contribution >= 4 is 63.2 Å². The van der Waals surface area contributed by atoms with Gasteiger partial charge in [-0.2, -0.15) is 0 Å². The van der Waals surface area contributed by atoms with Gasteiger partial charge in [0.25, 0.3) is 0 Å². The molecule has 0 aromatic carbocycles. The van der Waals surface area contributed by atoms with Crippen molar-refractivity contribution in [3.8, 4) is 0 Å². The third-order valence-electron chi connectivity index (χ3n) is 2.78. The predicted molar refractivity (Wildman–Crippen MR) is 61.6 cm³/mol. The molecule has 14 heavy (non-hydrogen) atoms. The first-order valence-electron chi connectivity index (χ1n) is 4.00. The number of rotatable bonds is 2. The molecule has 0 saturated heterocycles. The lowest BCUT2D eigenvalue weighted by Gasteiger charge is -2.19. The van der Waals surface area contributed by atoms with E-state index in [2.05, 4.69) is 0 Å². The summed E-state index contributed by atoms with van der Waals surface area (Å²) < 4.78 is -1.56. The maximum atomic E-state index is 11.0. The third-order valence-corrected chi connectivity index (χ3v) is 4.66. The van der Waals surface area contributed by atoms with Gasteiger partial charge in [0.15, 0.2) is 0 Å². The van der Waals surface area contributed by atoms with Crippen molar-refractivity contribution in [2.24, 2.45) is 17.3 Å². The first-order chi connectivity index (χ1) is 6.10. The minimum Gasteiger partial charge on any atom is -0.281 e. The van der Waals surface area contributed by atoms with Crippen LogP contribution < -0.4 is 0 Å². The van der Waals surface area contributed by atoms with Crippen LogP contribution in [0, 0.1) is 17.3 Å². The van der Waals surface area contributed by atoms with Gasteiger partial charge in [0.05, 0.1) is 5.38 Å². The van der Waals surface area contributed by atoms with Crippen LogP contribution in [0.2, 0.25) is 0 Å². The zero-order valence-corrected chi connectivity index (χ0v) is 11.3. The third kappa shape index (κ3) is 2.27. The smallest absolute Gasteiger partial charge is 0.225 e. The average molecular weight is 298 g/mol. The lowest BCUT2D eigenvalue weighted by atomic mass is 10.1. The fourth-order valence-electron chi connectivity index (χ4n) is 1.86. The fraction of sp³-hybridized carbons (Fsp3) is 0.875. The second kappa shape index (κ2) is 3.85. The zero-order valence-electron chi connectivity index (χ0n) is 7.53. The van der Waals surface area contributed by atoms with Crippen molar-refractivity contribution in [1.82, 2.24) is 0 Å². The summed E-state index contributed by atoms with van der Waals surface area (Å²) in [5.74, 6) is -0.496. The Hall–Kier alpha value is 1.12. The van der Waals surface area contributed by atoms with Crippen LogP contribution >= 0.6 is 58.0 Å². The number of hydrogen-bond donors (Lipinski definition) is 0. The molecule has 1 rings (SSSR count). The summed E-state index contributed by atoms with van der Waals surface area (Å²) >= 11 is 28.4. The van der Waals surface area contributed by atoms with E-state index in [0.717, 1.165) is 0 Å². The summed E-state index contributed by atoms with van der Waals surface area (Å²) in [6, 6.07) is 0. The summed E-state index contributed by atoms with van der Waals surface area (Å²) in [6.45, 7) is 3.77. The highest BCUT2D eigenvalue weighted by Gasteiger charge is 2.66. The molecule has 0 aromatic heterocycles. The summed E-state index contributed by atoms with van der Waals surface area (Å²) in [7, 11) is 0. The maximum Gasteiger partial charge on any atom is 0.225 e. The maximum absolute atomic E-state index is 11.0. The van der Waals surface area contributed by atoms with E-state index in [9.17, 15) is 4.79 Å². The van der Waals surface area contributed by atoms with Crippen molar-refractivity contribution in [2.75, 3.05) is 0 Å². The molecule has 0 amide bonds. The Morgan fingerprint density at radius 2 is 1.79 bits per heavy atom. The first-order valence-corrected chi connectivity index (χ1v) is 5.95. The van der Waals surface area contributed by atoms with Gasteiger partial charge in [0, 0.05) is 5.92 Å². The van der Waals surface area contributed by atoms with E-state index in [-0.39, 0.29) is 17.3 Å². The lowest BCUT2D eigenvalue weighted by Crippen LogP contribution is -2.24. The minimum absolute atomic E-state index is 0.179. The normalized spacial score (nSPS) is 32.5. The van der Waals surface area contributed by atoms with Gasteiger partial charge < -0.3 is 0 Å². The highest BCUT2D eigenvalue weighted by Crippen LogP contribution is 2.64. The van der Waals surface area contributed by atoms with Crippen molar-refractivity contribution in [3.05, 3.63) is 0 Å². The second-order valence-corrected chi connectivity index (χ2v) is 7.28. The van der Waals surface area contributed by atoms with E-state index in [4.69, 9.17) is 58.0 Å². The molecule has 1 fully saturated rings. The van der Waals surface area contributed by atoms with Crippen LogP contribution in [0.25, 0.3) is 0 Å². The Morgan fingerprint density at radius 1 is 1.36 bits per heavy atom. The molecule has 6 heteroatoms. The molecule has 1 aliphatic carbocycles. The van der Waals surface area contributed by atoms with Gasteiger partial charge in [-0.25, -0.2) is 0 Å². The molecule has 1 nitrogen and oxygen atoms in total. The van der Waals surface area contributed by atoms with Crippen molar-refractivity contribution in [1.29, 1.82) is 0 Å². The molecule has 82 valence electrons. The van der Waals surface area contributed by atoms with Crippen LogP contribution in [0.3, 0.4) is 0 Å². The fourth-order valence-corrected chi connectivity index (χ4v) is 3.16. The van der Waals surface area contributed by atoms with Crippen molar-refractivity contribution < 1.29 is 4.79 Å². The second-order valence-electron chi connectivity index (χ2n) is 4.07. The van der Waals surface area contributed by atoms with E-state index in [1.54, 1.807) is 0 Å². The van der Waals surface area contributed by atoms with E-state index in [1.807, 2.05) is 13.8 Å². The molecule has 0 heterocycles. The highest BCUT2D eigenvalue weighted by molar-refractivity contribution is 6.70. The number of halogens is 5. The molecule has 0 aliphatic heterocycles. The Kier molecular flexibility index (Phi) is 3.63. The van der Waals surface area contributed by atoms with Gasteiger partial charge in [-0.1, -0.05) is 48.7 Å². The predicted octanol–water partition coefficient (Wildman–Crippen LogP) is 4.00. The summed E-state index contributed by atoms with van der Waals surface area (Å²) in [5, 5.41) is -1.12. The summed E-state index contributed by atoms with van der Waals surface area (Å²) in [6.07, 6.45) is 0. The molecular weight excluding hydrogens is 289 g/mol. The standard InChI is InChI=1S/C8H9Cl5O/c1-7(2)3(4(7)6(10)14)5(9)8(11,12)13/h3-5H,1-2H3. The van der Waals surface area contributed by atoms with Gasteiger partial charge in [-0.15, -0.1) is 11.6 Å². The molecule has 0 spiro atoms. The SMILES string of the molecule is CC1(C)C(C(=O)Cl)C1C(Cl)C(Cl)(Cl)Cl. The number of carbonyl (C=O) groups is 1. The largest absolute Gasteiger partial charge is 0.281 e. The molecule has 3 unspecified atom stereocenters. The minimum atomic E-state index is -1.56. The molecule has 1 aliphatic rings. The molecule has 0 aromatic rings. The van der Waals surface area contributed by atoms with Gasteiger partial charge in [0.2, 0.25) is 9.03 Å². The van der Waals surface area contributed by atoms with Crippen molar-refractivity contribution in [3.63, 3.8) is 0 Å². The monoisotopic (exact) mass is 296 g/mol. The van der Waals surface area contributed by atoms with Crippen LogP contribution in [0.15, 0.2) is 0 Å². The summed E-state index contributed by atoms with van der Waals surface area (Å²) in [5.41, 5.74) is -0.283. The van der Waals surface area contributed by atoms with Gasteiger partial charge in [-0.3, -0.25) is 4.79 Å². The van der Waals surface area contributed by atoms with Crippen LogP contribution in [0.5, 0.6) is 0 Å². The number of carbonyl (C=O) groups excluding carboxylic acids is 1. The Morgan fingerprint density at radius 3 is 2.00 bits per heavy atom. The van der Waals surface area contributed by atoms with Crippen LogP contribution in [-0.4, -0.2) is 14.4 Å². The Bertz CT molecular complexity index is 257. The van der Waals surface area contributed by atoms with E-state index >= 15 is 0 Å². The van der Waals surface area contributed by atoms with Gasteiger partial charge >= 0.3 is 0 Å². The summed E-state index contributed by atoms with van der Waals surface area (Å²) in [4.78, 5) is 11.0. The topological polar surface area (TPSA) is 17.1 Å². The quantitative estimate of drug-likeness (QED) is 0.556. The van der Waals surface area contributed by atoms with E-state index < -0.39 is 14.4 Å². The molecular formula is C8H9Cl5O. The van der Waals surface area contributed by atoms with E-state index in [1.165, 1.54) is 0 Å². The first kappa shape index (κ1) is 13.2. The number of alkyl halides is 4. The van der Waals surface area contributed by atoms with Gasteiger partial charge in [-0.05, 0) is 22.9 Å². The molecule has 0 N–H and O–H groups in total. The van der Waals surface area contributed by atoms with Crippen LogP contribution in [-0.2, 0) is 4.79 Å².